The van der Waals surface area contributed by atoms with Gasteiger partial charge in [-0.05, 0) is 64.8 Å². The maximum Gasteiger partial charge on any atom is 0.255 e. The minimum atomic E-state index is -0.221. The second-order valence-electron chi connectivity index (χ2n) is 7.51. The lowest BCUT2D eigenvalue weighted by Crippen LogP contribution is -2.14. The molecule has 0 aliphatic rings. The minimum Gasteiger partial charge on any atom is -0.492 e. The van der Waals surface area contributed by atoms with Crippen LogP contribution in [0, 0.1) is 0 Å². The third-order valence-corrected chi connectivity index (χ3v) is 5.56. The zero-order chi connectivity index (χ0) is 23.3. The second kappa shape index (κ2) is 13.5. The van der Waals surface area contributed by atoms with Crippen LogP contribution in [0.4, 0.5) is 5.69 Å². The van der Waals surface area contributed by atoms with Crippen molar-refractivity contribution in [2.24, 2.45) is 0 Å². The maximum atomic E-state index is 12.8. The quantitative estimate of drug-likeness (QED) is 0.248. The predicted octanol–water partition coefficient (Wildman–Crippen LogP) is 7.12. The third-order valence-electron chi connectivity index (χ3n) is 4.94. The van der Waals surface area contributed by atoms with Crippen molar-refractivity contribution < 1.29 is 19.0 Å². The molecule has 3 rings (SSSR count). The van der Waals surface area contributed by atoms with E-state index in [1.54, 1.807) is 12.1 Å². The summed E-state index contributed by atoms with van der Waals surface area (Å²) in [5.74, 6) is 1.90. The van der Waals surface area contributed by atoms with Crippen LogP contribution >= 0.6 is 15.9 Å². The molecule has 5 nitrogen and oxygen atoms in total. The van der Waals surface area contributed by atoms with E-state index in [-0.39, 0.29) is 5.91 Å². The average molecular weight is 512 g/mol. The second-order valence-corrected chi connectivity index (χ2v) is 8.37. The molecule has 0 aliphatic heterocycles. The third kappa shape index (κ3) is 8.13. The van der Waals surface area contributed by atoms with E-state index in [0.717, 1.165) is 28.8 Å². The number of rotatable bonds is 13. The monoisotopic (exact) mass is 511 g/mol. The van der Waals surface area contributed by atoms with Crippen molar-refractivity contribution in [3.63, 3.8) is 0 Å². The van der Waals surface area contributed by atoms with Gasteiger partial charge < -0.3 is 19.5 Å². The van der Waals surface area contributed by atoms with Gasteiger partial charge in [0.15, 0.2) is 0 Å². The Bertz CT molecular complexity index is 1010. The van der Waals surface area contributed by atoms with E-state index in [0.29, 0.717) is 36.8 Å². The number of carbonyl (C=O) groups excluding carboxylic acids is 1. The molecule has 1 amide bonds. The number of hydrogen-bond acceptors (Lipinski definition) is 4. The molecule has 0 aromatic heterocycles. The highest BCUT2D eigenvalue weighted by Crippen LogP contribution is 2.28. The number of ether oxygens (including phenoxy) is 3. The Morgan fingerprint density at radius 3 is 2.30 bits per heavy atom. The Labute approximate surface area is 204 Å². The maximum absolute atomic E-state index is 12.8. The van der Waals surface area contributed by atoms with Crippen LogP contribution in [0.3, 0.4) is 0 Å². The van der Waals surface area contributed by atoms with Gasteiger partial charge in [-0.1, -0.05) is 56.5 Å². The molecule has 0 heterocycles. The highest BCUT2D eigenvalue weighted by molar-refractivity contribution is 9.10. The summed E-state index contributed by atoms with van der Waals surface area (Å²) in [5.41, 5.74) is 1.14. The smallest absolute Gasteiger partial charge is 0.255 e. The molecular formula is C27H30BrNO4. The van der Waals surface area contributed by atoms with Gasteiger partial charge >= 0.3 is 0 Å². The van der Waals surface area contributed by atoms with Crippen LogP contribution in [-0.4, -0.2) is 25.7 Å². The van der Waals surface area contributed by atoms with Gasteiger partial charge in [0.05, 0.1) is 16.8 Å². The van der Waals surface area contributed by atoms with E-state index in [2.05, 4.69) is 28.2 Å². The standard InChI is InChI=1S/C27H30BrNO4/c1-2-3-4-10-17-32-25-16-15-21(20-23(25)28)27(30)29-24-13-8-9-14-26(24)33-19-18-31-22-11-6-5-7-12-22/h5-9,11-16,20H,2-4,10,17-19H2,1H3,(H,29,30). The Kier molecular flexibility index (Phi) is 10.1. The number of unbranched alkanes of at least 4 members (excludes halogenated alkanes) is 3. The van der Waals surface area contributed by atoms with Crippen molar-refractivity contribution in [3.05, 3.63) is 82.8 Å². The molecule has 6 heteroatoms. The molecule has 1 N–H and O–H groups in total. The molecule has 3 aromatic carbocycles. The number of halogens is 1. The molecule has 0 saturated carbocycles. The summed E-state index contributed by atoms with van der Waals surface area (Å²) in [5, 5.41) is 2.93. The van der Waals surface area contributed by atoms with Crippen LogP contribution < -0.4 is 19.5 Å². The normalized spacial score (nSPS) is 10.5. The lowest BCUT2D eigenvalue weighted by atomic mass is 10.2. The van der Waals surface area contributed by atoms with Crippen molar-refractivity contribution in [1.82, 2.24) is 0 Å². The van der Waals surface area contributed by atoms with E-state index in [1.165, 1.54) is 12.8 Å². The first kappa shape index (κ1) is 24.6. The van der Waals surface area contributed by atoms with Crippen LogP contribution in [0.5, 0.6) is 17.2 Å². The molecule has 0 aliphatic carbocycles. The predicted molar refractivity (Wildman–Crippen MR) is 136 cm³/mol. The van der Waals surface area contributed by atoms with Gasteiger partial charge in [-0.25, -0.2) is 0 Å². The average Bonchev–Trinajstić information content (AvgIpc) is 2.84. The number of benzene rings is 3. The van der Waals surface area contributed by atoms with Crippen molar-refractivity contribution in [2.75, 3.05) is 25.1 Å². The van der Waals surface area contributed by atoms with E-state index in [4.69, 9.17) is 14.2 Å². The lowest BCUT2D eigenvalue weighted by Gasteiger charge is -2.14. The zero-order valence-corrected chi connectivity index (χ0v) is 20.5. The van der Waals surface area contributed by atoms with Crippen molar-refractivity contribution in [3.8, 4) is 17.2 Å². The zero-order valence-electron chi connectivity index (χ0n) is 18.9. The van der Waals surface area contributed by atoms with Crippen molar-refractivity contribution in [1.29, 1.82) is 0 Å². The molecule has 0 atom stereocenters. The van der Waals surface area contributed by atoms with Crippen LogP contribution in [-0.2, 0) is 0 Å². The Morgan fingerprint density at radius 1 is 0.788 bits per heavy atom. The molecule has 0 spiro atoms. The summed E-state index contributed by atoms with van der Waals surface area (Å²) < 4.78 is 18.1. The van der Waals surface area contributed by atoms with Crippen LogP contribution in [0.2, 0.25) is 0 Å². The first-order valence-corrected chi connectivity index (χ1v) is 12.1. The fraction of sp³-hybridized carbons (Fsp3) is 0.296. The van der Waals surface area contributed by atoms with Gasteiger partial charge in [0.25, 0.3) is 5.91 Å². The largest absolute Gasteiger partial charge is 0.492 e. The molecule has 0 fully saturated rings. The van der Waals surface area contributed by atoms with Gasteiger partial charge in [-0.3, -0.25) is 4.79 Å². The summed E-state index contributed by atoms with van der Waals surface area (Å²) in [6, 6.07) is 22.3. The highest BCUT2D eigenvalue weighted by atomic mass is 79.9. The Hall–Kier alpha value is -2.99. The fourth-order valence-corrected chi connectivity index (χ4v) is 3.68. The van der Waals surface area contributed by atoms with Gasteiger partial charge in [0.1, 0.15) is 30.5 Å². The Morgan fingerprint density at radius 2 is 1.52 bits per heavy atom. The SMILES string of the molecule is CCCCCCOc1ccc(C(=O)Nc2ccccc2OCCOc2ccccc2)cc1Br. The molecule has 174 valence electrons. The summed E-state index contributed by atoms with van der Waals surface area (Å²) in [7, 11) is 0. The van der Waals surface area contributed by atoms with Crippen molar-refractivity contribution >= 4 is 27.5 Å². The summed E-state index contributed by atoms with van der Waals surface area (Å²) in [6.07, 6.45) is 4.60. The van der Waals surface area contributed by atoms with E-state index in [1.807, 2.05) is 60.7 Å². The fourth-order valence-electron chi connectivity index (χ4n) is 3.19. The topological polar surface area (TPSA) is 56.8 Å². The number of amides is 1. The summed E-state index contributed by atoms with van der Waals surface area (Å²) in [6.45, 7) is 3.62. The lowest BCUT2D eigenvalue weighted by molar-refractivity contribution is 0.102. The summed E-state index contributed by atoms with van der Waals surface area (Å²) in [4.78, 5) is 12.8. The summed E-state index contributed by atoms with van der Waals surface area (Å²) >= 11 is 3.52. The van der Waals surface area contributed by atoms with Gasteiger partial charge in [0.2, 0.25) is 0 Å². The molecule has 3 aromatic rings. The van der Waals surface area contributed by atoms with Gasteiger partial charge in [0, 0.05) is 5.56 Å². The van der Waals surface area contributed by atoms with Crippen LogP contribution in [0.15, 0.2) is 77.3 Å². The van der Waals surface area contributed by atoms with Crippen molar-refractivity contribution in [2.45, 2.75) is 32.6 Å². The van der Waals surface area contributed by atoms with E-state index < -0.39 is 0 Å². The van der Waals surface area contributed by atoms with Gasteiger partial charge in [-0.2, -0.15) is 0 Å². The number of carbonyl (C=O) groups is 1. The molecule has 0 bridgehead atoms. The molecule has 0 unspecified atom stereocenters. The van der Waals surface area contributed by atoms with Crippen LogP contribution in [0.25, 0.3) is 0 Å². The Balaban J connectivity index is 1.52. The molecular weight excluding hydrogens is 482 g/mol. The van der Waals surface area contributed by atoms with Gasteiger partial charge in [-0.15, -0.1) is 0 Å². The molecule has 0 saturated heterocycles. The number of nitrogens with one attached hydrogen (secondary N) is 1. The van der Waals surface area contributed by atoms with E-state index >= 15 is 0 Å². The molecule has 33 heavy (non-hydrogen) atoms. The van der Waals surface area contributed by atoms with Crippen LogP contribution in [0.1, 0.15) is 43.0 Å². The minimum absolute atomic E-state index is 0.221. The number of hydrogen-bond donors (Lipinski definition) is 1. The number of para-hydroxylation sites is 3. The highest BCUT2D eigenvalue weighted by Gasteiger charge is 2.12. The van der Waals surface area contributed by atoms with E-state index in [9.17, 15) is 4.79 Å². The molecule has 0 radical (unpaired) electrons. The first-order valence-electron chi connectivity index (χ1n) is 11.3. The number of anilines is 1. The first-order chi connectivity index (χ1) is 16.2.